The van der Waals surface area contributed by atoms with Crippen LogP contribution in [0.15, 0.2) is 29.6 Å². The molecule has 2 N–H and O–H groups in total. The number of thiophene rings is 1. The first-order valence-corrected chi connectivity index (χ1v) is 7.01. The molecule has 0 spiro atoms. The molecule has 2 heterocycles. The Morgan fingerprint density at radius 2 is 2.22 bits per heavy atom. The van der Waals surface area contributed by atoms with Crippen molar-refractivity contribution in [3.05, 3.63) is 45.2 Å². The van der Waals surface area contributed by atoms with Crippen molar-refractivity contribution < 1.29 is 0 Å². The number of hydrogen-bond donors (Lipinski definition) is 1. The van der Waals surface area contributed by atoms with Gasteiger partial charge in [0.05, 0.1) is 16.8 Å². The van der Waals surface area contributed by atoms with Crippen LogP contribution in [0.1, 0.15) is 23.5 Å². The summed E-state index contributed by atoms with van der Waals surface area (Å²) in [5, 5.41) is 2.71. The molecule has 96 valence electrons. The summed E-state index contributed by atoms with van der Waals surface area (Å²) in [4.78, 5) is 7.93. The van der Waals surface area contributed by atoms with Gasteiger partial charge in [0.2, 0.25) is 0 Å². The Morgan fingerprint density at radius 3 is 2.83 bits per heavy atom. The van der Waals surface area contributed by atoms with Crippen LogP contribution in [0, 0.1) is 0 Å². The molecule has 0 aliphatic rings. The smallest absolute Gasteiger partial charge is 0.129 e. The third-order valence-corrected chi connectivity index (χ3v) is 4.38. The van der Waals surface area contributed by atoms with Crippen molar-refractivity contribution in [3.63, 3.8) is 0 Å². The van der Waals surface area contributed by atoms with Gasteiger partial charge in [0.15, 0.2) is 0 Å². The van der Waals surface area contributed by atoms with E-state index in [0.717, 1.165) is 11.5 Å². The maximum Gasteiger partial charge on any atom is 0.129 e. The molecule has 5 heteroatoms. The van der Waals surface area contributed by atoms with Gasteiger partial charge in [-0.25, -0.2) is 4.98 Å². The number of pyridine rings is 1. The average Bonchev–Trinajstić information content (AvgIpc) is 2.91. The van der Waals surface area contributed by atoms with Gasteiger partial charge in [0, 0.05) is 18.5 Å². The van der Waals surface area contributed by atoms with Gasteiger partial charge in [-0.1, -0.05) is 17.7 Å². The number of anilines is 1. The molecule has 0 aliphatic heterocycles. The zero-order valence-corrected chi connectivity index (χ0v) is 12.0. The molecule has 2 aromatic heterocycles. The molecule has 0 fully saturated rings. The summed E-state index contributed by atoms with van der Waals surface area (Å²) in [6.07, 6.45) is 0. The summed E-state index contributed by atoms with van der Waals surface area (Å²) in [6.45, 7) is 2.51. The molecular formula is C13H16ClN3S. The zero-order chi connectivity index (χ0) is 13.1. The van der Waals surface area contributed by atoms with Crippen LogP contribution < -0.4 is 10.6 Å². The van der Waals surface area contributed by atoms with E-state index in [1.54, 1.807) is 11.3 Å². The fourth-order valence-electron chi connectivity index (χ4n) is 1.73. The summed E-state index contributed by atoms with van der Waals surface area (Å²) < 4.78 is 0. The average molecular weight is 282 g/mol. The minimum atomic E-state index is 0.282. The highest BCUT2D eigenvalue weighted by Gasteiger charge is 2.15. The number of rotatable bonds is 4. The van der Waals surface area contributed by atoms with Crippen LogP contribution in [0.25, 0.3) is 0 Å². The molecule has 0 saturated heterocycles. The highest BCUT2D eigenvalue weighted by molar-refractivity contribution is 7.10. The lowest BCUT2D eigenvalue weighted by Crippen LogP contribution is -2.22. The molecule has 2 aromatic rings. The molecule has 0 aromatic carbocycles. The van der Waals surface area contributed by atoms with Crippen molar-refractivity contribution in [1.29, 1.82) is 0 Å². The molecular weight excluding hydrogens is 266 g/mol. The molecule has 2 rings (SSSR count). The summed E-state index contributed by atoms with van der Waals surface area (Å²) in [5.74, 6) is 0.890. The van der Waals surface area contributed by atoms with Crippen LogP contribution in [-0.2, 0) is 6.54 Å². The molecule has 0 saturated carbocycles. The van der Waals surface area contributed by atoms with E-state index >= 15 is 0 Å². The number of halogens is 1. The standard InChI is InChI=1S/C13H16ClN3S/c1-9(12-4-3-7-18-12)17(2)13-6-5-10(14)11(8-15)16-13/h3-7,9H,8,15H2,1-2H3. The maximum absolute atomic E-state index is 6.02. The fourth-order valence-corrected chi connectivity index (χ4v) is 2.74. The minimum absolute atomic E-state index is 0.282. The number of hydrogen-bond acceptors (Lipinski definition) is 4. The molecule has 18 heavy (non-hydrogen) atoms. The van der Waals surface area contributed by atoms with Crippen molar-refractivity contribution in [2.24, 2.45) is 5.73 Å². The molecule has 0 aliphatic carbocycles. The monoisotopic (exact) mass is 281 g/mol. The van der Waals surface area contributed by atoms with Crippen molar-refractivity contribution in [3.8, 4) is 0 Å². The van der Waals surface area contributed by atoms with Gasteiger partial charge in [0.25, 0.3) is 0 Å². The van der Waals surface area contributed by atoms with E-state index in [-0.39, 0.29) is 6.04 Å². The summed E-state index contributed by atoms with van der Waals surface area (Å²) >= 11 is 7.77. The van der Waals surface area contributed by atoms with E-state index in [4.69, 9.17) is 17.3 Å². The molecule has 3 nitrogen and oxygen atoms in total. The van der Waals surface area contributed by atoms with Gasteiger partial charge in [0.1, 0.15) is 5.82 Å². The summed E-state index contributed by atoms with van der Waals surface area (Å²) in [6, 6.07) is 8.25. The zero-order valence-electron chi connectivity index (χ0n) is 10.4. The number of nitrogens with zero attached hydrogens (tertiary/aromatic N) is 2. The SMILES string of the molecule is CC(c1cccs1)N(C)c1ccc(Cl)c(CN)n1. The second-order valence-electron chi connectivity index (χ2n) is 4.10. The van der Waals surface area contributed by atoms with Gasteiger partial charge in [-0.05, 0) is 30.5 Å². The Hall–Kier alpha value is -1.10. The largest absolute Gasteiger partial charge is 0.352 e. The second-order valence-corrected chi connectivity index (χ2v) is 5.49. The summed E-state index contributed by atoms with van der Waals surface area (Å²) in [5.41, 5.74) is 6.36. The first kappa shape index (κ1) is 13.3. The Morgan fingerprint density at radius 1 is 1.44 bits per heavy atom. The van der Waals surface area contributed by atoms with Crippen LogP contribution in [0.2, 0.25) is 5.02 Å². The van der Waals surface area contributed by atoms with Gasteiger partial charge in [-0.2, -0.15) is 0 Å². The van der Waals surface area contributed by atoms with Crippen molar-refractivity contribution in [1.82, 2.24) is 4.98 Å². The molecule has 1 unspecified atom stereocenters. The Kier molecular flexibility index (Phi) is 4.22. The predicted molar refractivity (Wildman–Crippen MR) is 78.3 cm³/mol. The van der Waals surface area contributed by atoms with Gasteiger partial charge >= 0.3 is 0 Å². The quantitative estimate of drug-likeness (QED) is 0.933. The van der Waals surface area contributed by atoms with Gasteiger partial charge < -0.3 is 10.6 Å². The maximum atomic E-state index is 6.02. The van der Waals surface area contributed by atoms with Crippen LogP contribution >= 0.6 is 22.9 Å². The van der Waals surface area contributed by atoms with Crippen molar-refractivity contribution in [2.75, 3.05) is 11.9 Å². The minimum Gasteiger partial charge on any atom is -0.352 e. The van der Waals surface area contributed by atoms with Crippen LogP contribution in [0.5, 0.6) is 0 Å². The Labute approximate surface area is 116 Å². The third-order valence-electron chi connectivity index (χ3n) is 2.99. The van der Waals surface area contributed by atoms with Crippen LogP contribution in [0.3, 0.4) is 0 Å². The Balaban J connectivity index is 2.25. The third kappa shape index (κ3) is 2.66. The van der Waals surface area contributed by atoms with Crippen LogP contribution in [-0.4, -0.2) is 12.0 Å². The first-order chi connectivity index (χ1) is 8.63. The van der Waals surface area contributed by atoms with Crippen molar-refractivity contribution >= 4 is 28.8 Å². The van der Waals surface area contributed by atoms with Crippen molar-refractivity contribution in [2.45, 2.75) is 19.5 Å². The number of aromatic nitrogens is 1. The normalized spacial score (nSPS) is 12.4. The van der Waals surface area contributed by atoms with E-state index in [0.29, 0.717) is 11.6 Å². The lowest BCUT2D eigenvalue weighted by molar-refractivity contribution is 0.738. The topological polar surface area (TPSA) is 42.1 Å². The fraction of sp³-hybridized carbons (Fsp3) is 0.308. The van der Waals surface area contributed by atoms with Gasteiger partial charge in [-0.15, -0.1) is 11.3 Å². The van der Waals surface area contributed by atoms with E-state index in [1.165, 1.54) is 4.88 Å². The second kappa shape index (κ2) is 5.69. The lowest BCUT2D eigenvalue weighted by atomic mass is 10.2. The molecule has 0 radical (unpaired) electrons. The highest BCUT2D eigenvalue weighted by atomic mass is 35.5. The highest BCUT2D eigenvalue weighted by Crippen LogP contribution is 2.28. The summed E-state index contributed by atoms with van der Waals surface area (Å²) in [7, 11) is 2.03. The lowest BCUT2D eigenvalue weighted by Gasteiger charge is -2.25. The van der Waals surface area contributed by atoms with E-state index in [1.807, 2.05) is 19.2 Å². The van der Waals surface area contributed by atoms with E-state index < -0.39 is 0 Å². The Bertz CT molecular complexity index is 513. The van der Waals surface area contributed by atoms with E-state index in [9.17, 15) is 0 Å². The number of nitrogens with two attached hydrogens (primary N) is 1. The first-order valence-electron chi connectivity index (χ1n) is 5.75. The predicted octanol–water partition coefficient (Wildman–Crippen LogP) is 3.45. The van der Waals surface area contributed by atoms with E-state index in [2.05, 4.69) is 34.3 Å². The van der Waals surface area contributed by atoms with Gasteiger partial charge in [-0.3, -0.25) is 0 Å². The van der Waals surface area contributed by atoms with Crippen LogP contribution in [0.4, 0.5) is 5.82 Å². The molecule has 0 bridgehead atoms. The molecule has 1 atom stereocenters. The molecule has 0 amide bonds.